The Kier molecular flexibility index (Phi) is 8.46. The fraction of sp³-hybridized carbons (Fsp3) is 0.316. The molecular weight excluding hydrogens is 380 g/mol. The Bertz CT molecular complexity index is 744. The quantitative estimate of drug-likeness (QED) is 0.679. The Balaban J connectivity index is 0.00000364. The van der Waals surface area contributed by atoms with E-state index in [9.17, 15) is 13.6 Å². The van der Waals surface area contributed by atoms with Crippen LogP contribution in [-0.2, 0) is 16.1 Å². The summed E-state index contributed by atoms with van der Waals surface area (Å²) in [7, 11) is 1.39. The first-order valence-electron chi connectivity index (χ1n) is 8.05. The predicted octanol–water partition coefficient (Wildman–Crippen LogP) is 3.89. The van der Waals surface area contributed by atoms with Gasteiger partial charge in [0.2, 0.25) is 0 Å². The molecule has 0 aromatic heterocycles. The molecule has 0 aliphatic rings. The number of rotatable bonds is 8. The molecule has 2 aromatic rings. The molecule has 148 valence electrons. The Hall–Kier alpha value is -2.38. The topological polar surface area (TPSA) is 70.8 Å². The normalized spacial score (nSPS) is 11.9. The minimum Gasteiger partial charge on any atom is -0.493 e. The van der Waals surface area contributed by atoms with E-state index in [1.165, 1.54) is 32.2 Å². The van der Waals surface area contributed by atoms with Crippen LogP contribution in [0.15, 0.2) is 48.5 Å². The van der Waals surface area contributed by atoms with Gasteiger partial charge in [0, 0.05) is 0 Å². The number of nitrogens with two attached hydrogens (primary N) is 1. The number of alkyl halides is 2. The van der Waals surface area contributed by atoms with E-state index in [0.717, 1.165) is 5.56 Å². The lowest BCUT2D eigenvalue weighted by Crippen LogP contribution is -2.41. The van der Waals surface area contributed by atoms with Gasteiger partial charge >= 0.3 is 11.9 Å². The lowest BCUT2D eigenvalue weighted by molar-refractivity contribution is -0.174. The Labute approximate surface area is 162 Å². The fourth-order valence-corrected chi connectivity index (χ4v) is 2.30. The molecule has 0 saturated carbocycles. The molecule has 0 unspecified atom stereocenters. The molecular formula is C19H22ClF2NO4. The van der Waals surface area contributed by atoms with Crippen molar-refractivity contribution < 1.29 is 27.8 Å². The lowest BCUT2D eigenvalue weighted by atomic mass is 10.0. The van der Waals surface area contributed by atoms with Crippen LogP contribution >= 0.6 is 12.4 Å². The largest absolute Gasteiger partial charge is 0.493 e. The van der Waals surface area contributed by atoms with E-state index in [2.05, 4.69) is 4.74 Å². The van der Waals surface area contributed by atoms with Gasteiger partial charge in [0.15, 0.2) is 11.5 Å². The molecule has 1 atom stereocenters. The number of benzene rings is 2. The van der Waals surface area contributed by atoms with Gasteiger partial charge in [-0.05, 0) is 30.2 Å². The van der Waals surface area contributed by atoms with Gasteiger partial charge in [0.1, 0.15) is 12.6 Å². The molecule has 0 spiro atoms. The van der Waals surface area contributed by atoms with Gasteiger partial charge in [-0.1, -0.05) is 36.4 Å². The van der Waals surface area contributed by atoms with Crippen molar-refractivity contribution in [2.24, 2.45) is 5.73 Å². The molecule has 0 heterocycles. The zero-order chi connectivity index (χ0) is 19.2. The second-order valence-corrected chi connectivity index (χ2v) is 5.51. The number of esters is 1. The molecule has 0 aliphatic heterocycles. The highest BCUT2D eigenvalue weighted by molar-refractivity contribution is 5.85. The summed E-state index contributed by atoms with van der Waals surface area (Å²) in [6, 6.07) is 11.8. The SMILES string of the molecule is CCOC(=O)C(F)(F)[C@@H](N)c1ccc(OCc2ccccc2)c(OC)c1.Cl. The minimum atomic E-state index is -3.85. The van der Waals surface area contributed by atoms with E-state index < -0.39 is 17.9 Å². The van der Waals surface area contributed by atoms with Crippen molar-refractivity contribution in [3.8, 4) is 11.5 Å². The van der Waals surface area contributed by atoms with Crippen molar-refractivity contribution in [3.05, 3.63) is 59.7 Å². The van der Waals surface area contributed by atoms with E-state index in [1.807, 2.05) is 30.3 Å². The van der Waals surface area contributed by atoms with Gasteiger partial charge < -0.3 is 19.9 Å². The highest BCUT2D eigenvalue weighted by Crippen LogP contribution is 2.36. The zero-order valence-corrected chi connectivity index (χ0v) is 15.8. The maximum absolute atomic E-state index is 14.1. The summed E-state index contributed by atoms with van der Waals surface area (Å²) in [5.41, 5.74) is 6.58. The molecule has 0 fully saturated rings. The highest BCUT2D eigenvalue weighted by atomic mass is 35.5. The van der Waals surface area contributed by atoms with Gasteiger partial charge in [-0.15, -0.1) is 12.4 Å². The van der Waals surface area contributed by atoms with E-state index in [-0.39, 0.29) is 30.3 Å². The second kappa shape index (κ2) is 10.1. The molecule has 2 N–H and O–H groups in total. The molecule has 0 bridgehead atoms. The first-order valence-corrected chi connectivity index (χ1v) is 8.05. The monoisotopic (exact) mass is 401 g/mol. The lowest BCUT2D eigenvalue weighted by Gasteiger charge is -2.22. The number of methoxy groups -OCH3 is 1. The summed E-state index contributed by atoms with van der Waals surface area (Å²) in [5.74, 6) is -4.89. The van der Waals surface area contributed by atoms with Crippen LogP contribution in [0.4, 0.5) is 8.78 Å². The van der Waals surface area contributed by atoms with Crippen LogP contribution in [0.25, 0.3) is 0 Å². The molecule has 2 aromatic carbocycles. The van der Waals surface area contributed by atoms with Crippen LogP contribution in [0.1, 0.15) is 24.1 Å². The van der Waals surface area contributed by atoms with Gasteiger partial charge in [0.25, 0.3) is 0 Å². The maximum atomic E-state index is 14.1. The van der Waals surface area contributed by atoms with Crippen LogP contribution in [-0.4, -0.2) is 25.6 Å². The molecule has 0 saturated heterocycles. The average Bonchev–Trinajstić information content (AvgIpc) is 2.66. The smallest absolute Gasteiger partial charge is 0.379 e. The number of halogens is 3. The number of ether oxygens (including phenoxy) is 3. The molecule has 5 nitrogen and oxygen atoms in total. The summed E-state index contributed by atoms with van der Waals surface area (Å²) in [6.45, 7) is 1.58. The third-order valence-corrected chi connectivity index (χ3v) is 3.72. The first kappa shape index (κ1) is 22.7. The molecule has 0 amide bonds. The standard InChI is InChI=1S/C19H21F2NO4.ClH/c1-3-25-18(23)19(20,21)17(22)14-9-10-15(16(11-14)24-2)26-12-13-7-5-4-6-8-13;/h4-11,17H,3,12,22H2,1-2H3;1H/t17-;/m0./s1. The third kappa shape index (κ3) is 5.55. The molecule has 27 heavy (non-hydrogen) atoms. The summed E-state index contributed by atoms with van der Waals surface area (Å²) in [4.78, 5) is 11.5. The van der Waals surface area contributed by atoms with E-state index in [4.69, 9.17) is 15.2 Å². The van der Waals surface area contributed by atoms with Crippen LogP contribution in [0.3, 0.4) is 0 Å². The van der Waals surface area contributed by atoms with Crippen LogP contribution in [0.2, 0.25) is 0 Å². The fourth-order valence-electron chi connectivity index (χ4n) is 2.30. The zero-order valence-electron chi connectivity index (χ0n) is 15.0. The average molecular weight is 402 g/mol. The third-order valence-electron chi connectivity index (χ3n) is 3.72. The van der Waals surface area contributed by atoms with Crippen LogP contribution < -0.4 is 15.2 Å². The Morgan fingerprint density at radius 3 is 2.41 bits per heavy atom. The van der Waals surface area contributed by atoms with E-state index >= 15 is 0 Å². The first-order chi connectivity index (χ1) is 12.4. The van der Waals surface area contributed by atoms with Crippen molar-refractivity contribution in [2.45, 2.75) is 25.5 Å². The predicted molar refractivity (Wildman–Crippen MR) is 99.5 cm³/mol. The van der Waals surface area contributed by atoms with Crippen LogP contribution in [0, 0.1) is 0 Å². The van der Waals surface area contributed by atoms with E-state index in [0.29, 0.717) is 12.4 Å². The van der Waals surface area contributed by atoms with Crippen molar-refractivity contribution in [1.29, 1.82) is 0 Å². The molecule has 0 aliphatic carbocycles. The summed E-state index contributed by atoms with van der Waals surface area (Å²) < 4.78 is 43.5. The summed E-state index contributed by atoms with van der Waals surface area (Å²) in [5, 5.41) is 0. The van der Waals surface area contributed by atoms with Crippen molar-refractivity contribution in [1.82, 2.24) is 0 Å². The second-order valence-electron chi connectivity index (χ2n) is 5.51. The minimum absolute atomic E-state index is 0. The molecule has 2 rings (SSSR count). The van der Waals surface area contributed by atoms with Crippen molar-refractivity contribution >= 4 is 18.4 Å². The number of carbonyl (C=O) groups is 1. The van der Waals surface area contributed by atoms with Gasteiger partial charge in [-0.2, -0.15) is 8.78 Å². The number of carbonyl (C=O) groups excluding carboxylic acids is 1. The molecule has 8 heteroatoms. The van der Waals surface area contributed by atoms with Gasteiger partial charge in [-0.25, -0.2) is 4.79 Å². The number of hydrogen-bond acceptors (Lipinski definition) is 5. The van der Waals surface area contributed by atoms with Gasteiger partial charge in [-0.3, -0.25) is 0 Å². The summed E-state index contributed by atoms with van der Waals surface area (Å²) in [6.07, 6.45) is 0. The van der Waals surface area contributed by atoms with Crippen molar-refractivity contribution in [2.75, 3.05) is 13.7 Å². The summed E-state index contributed by atoms with van der Waals surface area (Å²) >= 11 is 0. The van der Waals surface area contributed by atoms with Crippen LogP contribution in [0.5, 0.6) is 11.5 Å². The van der Waals surface area contributed by atoms with E-state index in [1.54, 1.807) is 0 Å². The maximum Gasteiger partial charge on any atom is 0.379 e. The highest BCUT2D eigenvalue weighted by Gasteiger charge is 2.48. The Morgan fingerprint density at radius 1 is 1.15 bits per heavy atom. The van der Waals surface area contributed by atoms with Crippen molar-refractivity contribution in [3.63, 3.8) is 0 Å². The van der Waals surface area contributed by atoms with Gasteiger partial charge in [0.05, 0.1) is 13.7 Å². The Morgan fingerprint density at radius 2 is 1.81 bits per heavy atom. The molecule has 0 radical (unpaired) electrons. The number of hydrogen-bond donors (Lipinski definition) is 1.